The van der Waals surface area contributed by atoms with Gasteiger partial charge in [-0.3, -0.25) is 0 Å². The van der Waals surface area contributed by atoms with E-state index >= 15 is 0 Å². The number of rotatable bonds is 2. The molecule has 1 saturated carbocycles. The summed E-state index contributed by atoms with van der Waals surface area (Å²) in [4.78, 5) is 0. The lowest BCUT2D eigenvalue weighted by Gasteiger charge is -2.36. The highest BCUT2D eigenvalue weighted by atomic mass is 16.3. The molecule has 0 aromatic carbocycles. The minimum absolute atomic E-state index is 0.263. The molecular formula is C10H21NO. The Morgan fingerprint density at radius 3 is 2.33 bits per heavy atom. The van der Waals surface area contributed by atoms with E-state index in [1.165, 1.54) is 12.8 Å². The predicted octanol–water partition coefficient (Wildman–Crippen LogP) is 1.52. The number of aliphatic hydroxyl groups excluding tert-OH is 1. The van der Waals surface area contributed by atoms with Gasteiger partial charge in [-0.25, -0.2) is 0 Å². The highest BCUT2D eigenvalue weighted by molar-refractivity contribution is 4.82. The normalized spacial score (nSPS) is 27.0. The fraction of sp³-hybridized carbons (Fsp3) is 1.00. The molecule has 1 aliphatic carbocycles. The Balaban J connectivity index is 2.36. The molecule has 1 aliphatic rings. The highest BCUT2D eigenvalue weighted by Crippen LogP contribution is 2.38. The molecule has 3 N–H and O–H groups in total. The summed E-state index contributed by atoms with van der Waals surface area (Å²) in [7, 11) is 0. The number of aliphatic hydroxyl groups is 1. The van der Waals surface area contributed by atoms with E-state index in [1.807, 2.05) is 0 Å². The van der Waals surface area contributed by atoms with E-state index in [9.17, 15) is 5.11 Å². The average Bonchev–Trinajstić information content (AvgIpc) is 2.03. The van der Waals surface area contributed by atoms with Crippen LogP contribution in [-0.4, -0.2) is 17.8 Å². The summed E-state index contributed by atoms with van der Waals surface area (Å²) in [5.74, 6) is 0.461. The first kappa shape index (κ1) is 10.0. The van der Waals surface area contributed by atoms with Gasteiger partial charge in [-0.2, -0.15) is 0 Å². The van der Waals surface area contributed by atoms with Crippen LogP contribution in [0.15, 0.2) is 0 Å². The van der Waals surface area contributed by atoms with Gasteiger partial charge in [-0.15, -0.1) is 0 Å². The van der Waals surface area contributed by atoms with Crippen molar-refractivity contribution in [2.24, 2.45) is 17.1 Å². The van der Waals surface area contributed by atoms with Crippen LogP contribution in [0.4, 0.5) is 0 Å². The zero-order chi connectivity index (χ0) is 9.19. The van der Waals surface area contributed by atoms with Gasteiger partial charge >= 0.3 is 0 Å². The monoisotopic (exact) mass is 171 g/mol. The number of hydrogen-bond acceptors (Lipinski definition) is 2. The molecule has 12 heavy (non-hydrogen) atoms. The topological polar surface area (TPSA) is 46.2 Å². The van der Waals surface area contributed by atoms with E-state index in [2.05, 4.69) is 13.8 Å². The maximum atomic E-state index is 9.53. The molecule has 0 aromatic rings. The van der Waals surface area contributed by atoms with Gasteiger partial charge in [0.25, 0.3) is 0 Å². The molecule has 0 amide bonds. The van der Waals surface area contributed by atoms with Crippen LogP contribution in [0.25, 0.3) is 0 Å². The van der Waals surface area contributed by atoms with E-state index < -0.39 is 0 Å². The van der Waals surface area contributed by atoms with Crippen molar-refractivity contribution in [1.29, 1.82) is 0 Å². The molecule has 72 valence electrons. The minimum Gasteiger partial charge on any atom is -0.392 e. The van der Waals surface area contributed by atoms with E-state index in [0.29, 0.717) is 17.9 Å². The summed E-state index contributed by atoms with van der Waals surface area (Å²) in [5, 5.41) is 9.53. The third-order valence-corrected chi connectivity index (χ3v) is 3.17. The van der Waals surface area contributed by atoms with Crippen LogP contribution in [0, 0.1) is 11.3 Å². The second-order valence-corrected chi connectivity index (χ2v) is 4.80. The molecule has 0 unspecified atom stereocenters. The molecular weight excluding hydrogens is 150 g/mol. The molecule has 0 saturated heterocycles. The smallest absolute Gasteiger partial charge is 0.0690 e. The van der Waals surface area contributed by atoms with Crippen LogP contribution in [0.1, 0.15) is 39.5 Å². The van der Waals surface area contributed by atoms with Crippen LogP contribution in [0.3, 0.4) is 0 Å². The predicted molar refractivity (Wildman–Crippen MR) is 50.8 cm³/mol. The van der Waals surface area contributed by atoms with Gasteiger partial charge in [-0.1, -0.05) is 13.8 Å². The second-order valence-electron chi connectivity index (χ2n) is 4.80. The summed E-state index contributed by atoms with van der Waals surface area (Å²) >= 11 is 0. The number of hydrogen-bond donors (Lipinski definition) is 2. The van der Waals surface area contributed by atoms with Crippen LogP contribution in [0.2, 0.25) is 0 Å². The van der Waals surface area contributed by atoms with Crippen LogP contribution in [0.5, 0.6) is 0 Å². The van der Waals surface area contributed by atoms with Gasteiger partial charge in [0.2, 0.25) is 0 Å². The molecule has 0 bridgehead atoms. The SMILES string of the molecule is CC1(C)CCC([C@@H](O)CN)CC1. The van der Waals surface area contributed by atoms with E-state index in [4.69, 9.17) is 5.73 Å². The van der Waals surface area contributed by atoms with Gasteiger partial charge < -0.3 is 10.8 Å². The first-order valence-corrected chi connectivity index (χ1v) is 4.93. The summed E-state index contributed by atoms with van der Waals surface area (Å²) in [6.45, 7) is 5.03. The van der Waals surface area contributed by atoms with Crippen molar-refractivity contribution >= 4 is 0 Å². The van der Waals surface area contributed by atoms with Crippen LogP contribution in [-0.2, 0) is 0 Å². The average molecular weight is 171 g/mol. The van der Waals surface area contributed by atoms with E-state index in [0.717, 1.165) is 12.8 Å². The zero-order valence-corrected chi connectivity index (χ0v) is 8.21. The standard InChI is InChI=1S/C10H21NO/c1-10(2)5-3-8(4-6-10)9(12)7-11/h8-9,12H,3-7,11H2,1-2H3/t9-/m0/s1. The summed E-state index contributed by atoms with van der Waals surface area (Å²) in [5.41, 5.74) is 5.91. The molecule has 0 aliphatic heterocycles. The third kappa shape index (κ3) is 2.46. The molecule has 0 heterocycles. The van der Waals surface area contributed by atoms with Crippen LogP contribution >= 0.6 is 0 Å². The second kappa shape index (κ2) is 3.75. The lowest BCUT2D eigenvalue weighted by Crippen LogP contribution is -2.33. The Morgan fingerprint density at radius 2 is 1.92 bits per heavy atom. The van der Waals surface area contributed by atoms with Gasteiger partial charge in [0.1, 0.15) is 0 Å². The van der Waals surface area contributed by atoms with Crippen molar-refractivity contribution in [2.75, 3.05) is 6.54 Å². The Bertz CT molecular complexity index is 135. The Morgan fingerprint density at radius 1 is 1.42 bits per heavy atom. The number of nitrogens with two attached hydrogens (primary N) is 1. The summed E-state index contributed by atoms with van der Waals surface area (Å²) < 4.78 is 0. The highest BCUT2D eigenvalue weighted by Gasteiger charge is 2.29. The fourth-order valence-electron chi connectivity index (χ4n) is 2.00. The molecule has 0 radical (unpaired) electrons. The summed E-state index contributed by atoms with van der Waals surface area (Å²) in [6.07, 6.45) is 4.49. The van der Waals surface area contributed by atoms with Crippen molar-refractivity contribution < 1.29 is 5.11 Å². The third-order valence-electron chi connectivity index (χ3n) is 3.17. The maximum Gasteiger partial charge on any atom is 0.0690 e. The van der Waals surface area contributed by atoms with E-state index in [-0.39, 0.29) is 6.10 Å². The van der Waals surface area contributed by atoms with Crippen molar-refractivity contribution in [2.45, 2.75) is 45.6 Å². The van der Waals surface area contributed by atoms with Crippen molar-refractivity contribution in [1.82, 2.24) is 0 Å². The van der Waals surface area contributed by atoms with Gasteiger partial charge in [0.05, 0.1) is 6.10 Å². The van der Waals surface area contributed by atoms with E-state index in [1.54, 1.807) is 0 Å². The quantitative estimate of drug-likeness (QED) is 0.661. The molecule has 1 fully saturated rings. The summed E-state index contributed by atoms with van der Waals surface area (Å²) in [6, 6.07) is 0. The molecule has 1 rings (SSSR count). The Labute approximate surface area is 75.2 Å². The first-order chi connectivity index (χ1) is 5.55. The maximum absolute atomic E-state index is 9.53. The molecule has 0 spiro atoms. The van der Waals surface area contributed by atoms with Crippen molar-refractivity contribution in [3.63, 3.8) is 0 Å². The molecule has 2 nitrogen and oxygen atoms in total. The van der Waals surface area contributed by atoms with Crippen molar-refractivity contribution in [3.8, 4) is 0 Å². The Hall–Kier alpha value is -0.0800. The van der Waals surface area contributed by atoms with Gasteiger partial charge in [-0.05, 0) is 37.0 Å². The fourth-order valence-corrected chi connectivity index (χ4v) is 2.00. The lowest BCUT2D eigenvalue weighted by atomic mass is 9.71. The Kier molecular flexibility index (Phi) is 3.13. The molecule has 1 atom stereocenters. The molecule has 2 heteroatoms. The lowest BCUT2D eigenvalue weighted by molar-refractivity contribution is 0.0632. The van der Waals surface area contributed by atoms with Gasteiger partial charge in [0, 0.05) is 6.54 Å². The minimum atomic E-state index is -0.263. The first-order valence-electron chi connectivity index (χ1n) is 4.93. The molecule has 0 aromatic heterocycles. The zero-order valence-electron chi connectivity index (χ0n) is 8.21. The van der Waals surface area contributed by atoms with Crippen molar-refractivity contribution in [3.05, 3.63) is 0 Å². The van der Waals surface area contributed by atoms with Gasteiger partial charge in [0.15, 0.2) is 0 Å². The largest absolute Gasteiger partial charge is 0.392 e. The van der Waals surface area contributed by atoms with Crippen LogP contribution < -0.4 is 5.73 Å².